The van der Waals surface area contributed by atoms with Crippen LogP contribution in [0.5, 0.6) is 0 Å². The van der Waals surface area contributed by atoms with Crippen LogP contribution in [0.1, 0.15) is 71.3 Å². The van der Waals surface area contributed by atoms with Gasteiger partial charge in [0, 0.05) is 24.7 Å². The lowest BCUT2D eigenvalue weighted by Crippen LogP contribution is -2.51. The number of carbonyl (C=O) groups is 2. The van der Waals surface area contributed by atoms with E-state index in [0.29, 0.717) is 19.4 Å². The largest absolute Gasteiger partial charge is 0.352 e. The third-order valence-electron chi connectivity index (χ3n) is 6.29. The maximum atomic E-state index is 13.1. The number of rotatable bonds is 7. The van der Waals surface area contributed by atoms with Gasteiger partial charge in [0.2, 0.25) is 21.8 Å². The molecular weight excluding hydrogens is 414 g/mol. The quantitative estimate of drug-likeness (QED) is 0.625. The fourth-order valence-electron chi connectivity index (χ4n) is 4.44. The molecule has 0 bridgehead atoms. The Morgan fingerprint density at radius 1 is 1.13 bits per heavy atom. The molecule has 2 aliphatic rings. The van der Waals surface area contributed by atoms with Gasteiger partial charge in [0.1, 0.15) is 6.04 Å². The van der Waals surface area contributed by atoms with Crippen molar-refractivity contribution in [1.82, 2.24) is 10.0 Å². The lowest BCUT2D eigenvalue weighted by Gasteiger charge is -2.25. The molecule has 1 aromatic carbocycles. The highest BCUT2D eigenvalue weighted by atomic mass is 32.2. The topological polar surface area (TPSA) is 95.6 Å². The summed E-state index contributed by atoms with van der Waals surface area (Å²) in [6, 6.07) is 4.12. The molecule has 1 aliphatic heterocycles. The van der Waals surface area contributed by atoms with Crippen LogP contribution in [0.4, 0.5) is 5.69 Å². The molecule has 1 fully saturated rings. The van der Waals surface area contributed by atoms with Crippen molar-refractivity contribution >= 4 is 27.5 Å². The first-order chi connectivity index (χ1) is 14.7. The predicted octanol–water partition coefficient (Wildman–Crippen LogP) is 3.13. The standard InChI is InChI=1S/C23H35N3O4S/c1-4-21(27)26-14-13-17-15-19(11-12-20(17)26)31(29,30)25-22(16(2)3)23(28)24-18-9-7-5-6-8-10-18/h11-12,15-16,18,22,25H,4-10,13-14H2,1-3H3,(H,24,28)/t22-/m0/s1. The van der Waals surface area contributed by atoms with Gasteiger partial charge in [-0.3, -0.25) is 9.59 Å². The van der Waals surface area contributed by atoms with Gasteiger partial charge in [-0.1, -0.05) is 46.5 Å². The fraction of sp³-hybridized carbons (Fsp3) is 0.652. The molecule has 1 heterocycles. The summed E-state index contributed by atoms with van der Waals surface area (Å²) in [6.07, 6.45) is 7.49. The van der Waals surface area contributed by atoms with Crippen molar-refractivity contribution in [3.63, 3.8) is 0 Å². The lowest BCUT2D eigenvalue weighted by molar-refractivity contribution is -0.124. The normalized spacial score (nSPS) is 18.5. The smallest absolute Gasteiger partial charge is 0.241 e. The van der Waals surface area contributed by atoms with Crippen LogP contribution in [0, 0.1) is 5.92 Å². The average molecular weight is 450 g/mol. The number of sulfonamides is 1. The zero-order chi connectivity index (χ0) is 22.6. The predicted molar refractivity (Wildman–Crippen MR) is 121 cm³/mol. The number of fused-ring (bicyclic) bond motifs is 1. The summed E-state index contributed by atoms with van der Waals surface area (Å²) < 4.78 is 28.8. The van der Waals surface area contributed by atoms with Gasteiger partial charge in [0.25, 0.3) is 0 Å². The second-order valence-corrected chi connectivity index (χ2v) is 10.7. The second-order valence-electron chi connectivity index (χ2n) is 8.98. The third-order valence-corrected chi connectivity index (χ3v) is 7.73. The summed E-state index contributed by atoms with van der Waals surface area (Å²) in [6.45, 7) is 6.07. The van der Waals surface area contributed by atoms with E-state index in [-0.39, 0.29) is 28.7 Å². The maximum absolute atomic E-state index is 13.1. The van der Waals surface area contributed by atoms with Crippen LogP contribution in [0.15, 0.2) is 23.1 Å². The Hall–Kier alpha value is -1.93. The molecule has 2 N–H and O–H groups in total. The van der Waals surface area contributed by atoms with Crippen molar-refractivity contribution in [2.24, 2.45) is 5.92 Å². The monoisotopic (exact) mass is 449 g/mol. The number of nitrogens with one attached hydrogen (secondary N) is 2. The number of nitrogens with zero attached hydrogens (tertiary/aromatic N) is 1. The highest BCUT2D eigenvalue weighted by molar-refractivity contribution is 7.89. The molecule has 1 aliphatic carbocycles. The van der Waals surface area contributed by atoms with Crippen molar-refractivity contribution in [3.05, 3.63) is 23.8 Å². The van der Waals surface area contributed by atoms with Crippen molar-refractivity contribution in [2.45, 2.75) is 89.1 Å². The van der Waals surface area contributed by atoms with Crippen molar-refractivity contribution in [1.29, 1.82) is 0 Å². The zero-order valence-corrected chi connectivity index (χ0v) is 19.6. The van der Waals surface area contributed by atoms with Gasteiger partial charge in [-0.15, -0.1) is 0 Å². The van der Waals surface area contributed by atoms with Crippen molar-refractivity contribution in [2.75, 3.05) is 11.4 Å². The van der Waals surface area contributed by atoms with Gasteiger partial charge in [-0.05, 0) is 48.9 Å². The SMILES string of the molecule is CCC(=O)N1CCc2cc(S(=O)(=O)N[C@H](C(=O)NC3CCCCCC3)C(C)C)ccc21. The summed E-state index contributed by atoms with van der Waals surface area (Å²) in [4.78, 5) is 26.9. The van der Waals surface area contributed by atoms with Gasteiger partial charge in [-0.2, -0.15) is 4.72 Å². The first-order valence-electron chi connectivity index (χ1n) is 11.5. The van der Waals surface area contributed by atoms with Gasteiger partial charge < -0.3 is 10.2 Å². The number of anilines is 1. The average Bonchev–Trinajstić information content (AvgIpc) is 2.99. The molecule has 0 spiro atoms. The summed E-state index contributed by atoms with van der Waals surface area (Å²) in [7, 11) is -3.88. The van der Waals surface area contributed by atoms with Gasteiger partial charge in [0.05, 0.1) is 4.90 Å². The Balaban J connectivity index is 1.74. The van der Waals surface area contributed by atoms with Gasteiger partial charge in [0.15, 0.2) is 0 Å². The molecule has 31 heavy (non-hydrogen) atoms. The van der Waals surface area contributed by atoms with E-state index in [1.165, 1.54) is 18.9 Å². The van der Waals surface area contributed by atoms with Crippen LogP contribution in [0.2, 0.25) is 0 Å². The minimum atomic E-state index is -3.88. The number of hydrogen-bond donors (Lipinski definition) is 2. The highest BCUT2D eigenvalue weighted by Crippen LogP contribution is 2.31. The molecule has 8 heteroatoms. The van der Waals surface area contributed by atoms with E-state index in [9.17, 15) is 18.0 Å². The minimum absolute atomic E-state index is 0.0301. The molecule has 2 amide bonds. The van der Waals surface area contributed by atoms with E-state index in [2.05, 4.69) is 10.0 Å². The van der Waals surface area contributed by atoms with Crippen LogP contribution >= 0.6 is 0 Å². The van der Waals surface area contributed by atoms with E-state index < -0.39 is 16.1 Å². The first kappa shape index (κ1) is 23.7. The number of carbonyl (C=O) groups excluding carboxylic acids is 2. The van der Waals surface area contributed by atoms with E-state index in [4.69, 9.17) is 0 Å². The Labute approximate surface area is 186 Å². The van der Waals surface area contributed by atoms with Crippen LogP contribution in [-0.4, -0.2) is 38.9 Å². The summed E-state index contributed by atoms with van der Waals surface area (Å²) in [5.74, 6) is -0.415. The minimum Gasteiger partial charge on any atom is -0.352 e. The van der Waals surface area contributed by atoms with E-state index in [1.807, 2.05) is 20.8 Å². The molecule has 0 aromatic heterocycles. The Kier molecular flexibility index (Phi) is 7.75. The van der Waals surface area contributed by atoms with E-state index in [0.717, 1.165) is 36.9 Å². The molecule has 7 nitrogen and oxygen atoms in total. The maximum Gasteiger partial charge on any atom is 0.241 e. The van der Waals surface area contributed by atoms with Crippen molar-refractivity contribution < 1.29 is 18.0 Å². The Bertz CT molecular complexity index is 905. The highest BCUT2D eigenvalue weighted by Gasteiger charge is 2.31. The van der Waals surface area contributed by atoms with E-state index >= 15 is 0 Å². The second kappa shape index (κ2) is 10.1. The van der Waals surface area contributed by atoms with Crippen LogP contribution in [0.3, 0.4) is 0 Å². The molecule has 0 saturated heterocycles. The Morgan fingerprint density at radius 2 is 1.81 bits per heavy atom. The van der Waals surface area contributed by atoms with E-state index in [1.54, 1.807) is 17.0 Å². The first-order valence-corrected chi connectivity index (χ1v) is 13.0. The molecule has 1 saturated carbocycles. The van der Waals surface area contributed by atoms with Crippen LogP contribution in [0.25, 0.3) is 0 Å². The van der Waals surface area contributed by atoms with Gasteiger partial charge >= 0.3 is 0 Å². The number of hydrogen-bond acceptors (Lipinski definition) is 4. The zero-order valence-electron chi connectivity index (χ0n) is 18.8. The number of benzene rings is 1. The summed E-state index contributed by atoms with van der Waals surface area (Å²) in [5, 5.41) is 3.07. The lowest BCUT2D eigenvalue weighted by atomic mass is 10.0. The summed E-state index contributed by atoms with van der Waals surface area (Å²) in [5.41, 5.74) is 1.62. The molecule has 172 valence electrons. The third kappa shape index (κ3) is 5.66. The number of amides is 2. The van der Waals surface area contributed by atoms with Crippen LogP contribution < -0.4 is 14.9 Å². The van der Waals surface area contributed by atoms with Crippen molar-refractivity contribution in [3.8, 4) is 0 Å². The molecular formula is C23H35N3O4S. The molecule has 0 unspecified atom stereocenters. The Morgan fingerprint density at radius 3 is 2.42 bits per heavy atom. The molecule has 1 atom stereocenters. The fourth-order valence-corrected chi connectivity index (χ4v) is 5.83. The molecule has 3 rings (SSSR count). The molecule has 1 aromatic rings. The molecule has 0 radical (unpaired) electrons. The van der Waals surface area contributed by atoms with Crippen LogP contribution in [-0.2, 0) is 26.0 Å². The van der Waals surface area contributed by atoms with Gasteiger partial charge in [-0.25, -0.2) is 8.42 Å². The summed E-state index contributed by atoms with van der Waals surface area (Å²) >= 11 is 0.